The first-order valence-corrected chi connectivity index (χ1v) is 19.6. The maximum absolute atomic E-state index is 5.26. The van der Waals surface area contributed by atoms with Crippen LogP contribution in [0.25, 0.3) is 104 Å². The third-order valence-electron chi connectivity index (χ3n) is 10.6. The van der Waals surface area contributed by atoms with Gasteiger partial charge in [0, 0.05) is 53.3 Å². The van der Waals surface area contributed by atoms with Crippen molar-refractivity contribution in [3.05, 3.63) is 194 Å². The molecule has 0 fully saturated rings. The second-order valence-electron chi connectivity index (χ2n) is 14.1. The number of rotatable bonds is 6. The zero-order valence-electron chi connectivity index (χ0n) is 30.2. The zero-order chi connectivity index (χ0) is 37.0. The molecule has 11 aromatic rings. The van der Waals surface area contributed by atoms with Crippen LogP contribution in [0.1, 0.15) is 0 Å². The van der Waals surface area contributed by atoms with E-state index in [-0.39, 0.29) is 0 Å². The lowest BCUT2D eigenvalue weighted by Gasteiger charge is -2.14. The molecule has 4 nitrogen and oxygen atoms in total. The van der Waals surface area contributed by atoms with Crippen molar-refractivity contribution < 1.29 is 0 Å². The van der Waals surface area contributed by atoms with E-state index in [1.54, 1.807) is 11.3 Å². The highest BCUT2D eigenvalue weighted by atomic mass is 32.1. The molecule has 0 saturated carbocycles. The summed E-state index contributed by atoms with van der Waals surface area (Å²) in [6.07, 6.45) is 0. The average Bonchev–Trinajstić information content (AvgIpc) is 3.82. The van der Waals surface area contributed by atoms with Gasteiger partial charge < -0.3 is 4.57 Å². The van der Waals surface area contributed by atoms with Gasteiger partial charge in [-0.05, 0) is 70.8 Å². The minimum atomic E-state index is 0.622. The van der Waals surface area contributed by atoms with Gasteiger partial charge in [-0.3, -0.25) is 0 Å². The molecule has 3 aromatic heterocycles. The minimum Gasteiger partial charge on any atom is -0.309 e. The minimum absolute atomic E-state index is 0.622. The van der Waals surface area contributed by atoms with Crippen LogP contribution < -0.4 is 0 Å². The quantitative estimate of drug-likeness (QED) is 0.171. The van der Waals surface area contributed by atoms with Crippen molar-refractivity contribution in [1.29, 1.82) is 0 Å². The van der Waals surface area contributed by atoms with E-state index in [4.69, 9.17) is 15.0 Å². The van der Waals surface area contributed by atoms with Gasteiger partial charge in [-0.1, -0.05) is 146 Å². The molecule has 56 heavy (non-hydrogen) atoms. The molecule has 0 aliphatic carbocycles. The number of benzene rings is 8. The lowest BCUT2D eigenvalue weighted by molar-refractivity contribution is 1.07. The molecule has 0 saturated heterocycles. The standard InChI is InChI=1S/C51H32N4S/c1-4-14-33(15-5-1)36-25-27-46-44(31-36)41-20-10-12-22-45(41)55(46)40-29-38(34-16-6-2-7-17-34)28-39(30-40)51-53-49(35-18-8-3-9-19-35)52-50(54-51)37-24-26-43-42-21-11-13-23-47(42)56-48(43)32-37/h1-32H. The van der Waals surface area contributed by atoms with Crippen molar-refractivity contribution >= 4 is 53.3 Å². The van der Waals surface area contributed by atoms with Crippen LogP contribution in [0.15, 0.2) is 194 Å². The monoisotopic (exact) mass is 732 g/mol. The fourth-order valence-electron chi connectivity index (χ4n) is 7.94. The normalized spacial score (nSPS) is 11.6. The van der Waals surface area contributed by atoms with Crippen molar-refractivity contribution in [3.63, 3.8) is 0 Å². The Morgan fingerprint density at radius 1 is 0.304 bits per heavy atom. The Morgan fingerprint density at radius 2 is 0.839 bits per heavy atom. The van der Waals surface area contributed by atoms with Crippen LogP contribution in [0.3, 0.4) is 0 Å². The Labute approximate surface area is 327 Å². The van der Waals surface area contributed by atoms with Crippen LogP contribution >= 0.6 is 11.3 Å². The molecular formula is C51H32N4S. The Kier molecular flexibility index (Phi) is 7.64. The highest BCUT2D eigenvalue weighted by molar-refractivity contribution is 7.25. The predicted octanol–water partition coefficient (Wildman–Crippen LogP) is 13.7. The molecule has 0 radical (unpaired) electrons. The average molecular weight is 733 g/mol. The van der Waals surface area contributed by atoms with Gasteiger partial charge in [-0.15, -0.1) is 11.3 Å². The van der Waals surface area contributed by atoms with Gasteiger partial charge in [0.15, 0.2) is 17.5 Å². The lowest BCUT2D eigenvalue weighted by atomic mass is 10.0. The molecule has 0 unspecified atom stereocenters. The van der Waals surface area contributed by atoms with Gasteiger partial charge in [-0.2, -0.15) is 0 Å². The Balaban J connectivity index is 1.14. The number of thiophene rings is 1. The van der Waals surface area contributed by atoms with Crippen molar-refractivity contribution in [3.8, 4) is 62.1 Å². The van der Waals surface area contributed by atoms with Crippen molar-refractivity contribution in [2.24, 2.45) is 0 Å². The fraction of sp³-hybridized carbons (Fsp3) is 0. The third kappa shape index (κ3) is 5.56. The number of hydrogen-bond acceptors (Lipinski definition) is 4. The van der Waals surface area contributed by atoms with Gasteiger partial charge in [0.1, 0.15) is 0 Å². The van der Waals surface area contributed by atoms with Gasteiger partial charge in [0.2, 0.25) is 0 Å². The van der Waals surface area contributed by atoms with Crippen LogP contribution in [-0.4, -0.2) is 19.5 Å². The summed E-state index contributed by atoms with van der Waals surface area (Å²) < 4.78 is 4.86. The molecule has 8 aromatic carbocycles. The highest BCUT2D eigenvalue weighted by Crippen LogP contribution is 2.39. The van der Waals surface area contributed by atoms with E-state index in [0.717, 1.165) is 44.5 Å². The number of fused-ring (bicyclic) bond motifs is 6. The second-order valence-corrected chi connectivity index (χ2v) is 15.2. The van der Waals surface area contributed by atoms with E-state index >= 15 is 0 Å². The summed E-state index contributed by atoms with van der Waals surface area (Å²) in [5.41, 5.74) is 10.7. The zero-order valence-corrected chi connectivity index (χ0v) is 31.0. The Morgan fingerprint density at radius 3 is 1.59 bits per heavy atom. The molecule has 0 aliphatic rings. The molecular weight excluding hydrogens is 701 g/mol. The summed E-state index contributed by atoms with van der Waals surface area (Å²) in [5, 5.41) is 4.93. The number of para-hydroxylation sites is 1. The smallest absolute Gasteiger partial charge is 0.164 e. The van der Waals surface area contributed by atoms with Crippen molar-refractivity contribution in [2.75, 3.05) is 0 Å². The number of nitrogens with zero attached hydrogens (tertiary/aromatic N) is 4. The van der Waals surface area contributed by atoms with E-state index in [0.29, 0.717) is 17.5 Å². The third-order valence-corrected chi connectivity index (χ3v) is 11.8. The van der Waals surface area contributed by atoms with Crippen LogP contribution in [-0.2, 0) is 0 Å². The van der Waals surface area contributed by atoms with Crippen LogP contribution in [0.5, 0.6) is 0 Å². The molecule has 0 bridgehead atoms. The molecule has 0 aliphatic heterocycles. The van der Waals surface area contributed by atoms with E-state index in [1.807, 2.05) is 18.2 Å². The predicted molar refractivity (Wildman–Crippen MR) is 234 cm³/mol. The molecule has 0 N–H and O–H groups in total. The first kappa shape index (κ1) is 32.2. The maximum atomic E-state index is 5.26. The van der Waals surface area contributed by atoms with Gasteiger partial charge in [0.25, 0.3) is 0 Å². The summed E-state index contributed by atoms with van der Waals surface area (Å²) in [6, 6.07) is 68.7. The fourth-order valence-corrected chi connectivity index (χ4v) is 9.09. The topological polar surface area (TPSA) is 43.6 Å². The van der Waals surface area contributed by atoms with Crippen molar-refractivity contribution in [1.82, 2.24) is 19.5 Å². The Bertz CT molecular complexity index is 3240. The summed E-state index contributed by atoms with van der Waals surface area (Å²) in [7, 11) is 0. The molecule has 262 valence electrons. The second kappa shape index (κ2) is 13.3. The van der Waals surface area contributed by atoms with Crippen LogP contribution in [0, 0.1) is 0 Å². The molecule has 5 heteroatoms. The summed E-state index contributed by atoms with van der Waals surface area (Å²) >= 11 is 1.80. The van der Waals surface area contributed by atoms with Crippen molar-refractivity contribution in [2.45, 2.75) is 0 Å². The maximum Gasteiger partial charge on any atom is 0.164 e. The molecule has 0 amide bonds. The molecule has 0 atom stereocenters. The summed E-state index contributed by atoms with van der Waals surface area (Å²) in [4.78, 5) is 15.6. The van der Waals surface area contributed by atoms with Crippen LogP contribution in [0.2, 0.25) is 0 Å². The summed E-state index contributed by atoms with van der Waals surface area (Å²) in [5.74, 6) is 1.90. The van der Waals surface area contributed by atoms with Gasteiger partial charge >= 0.3 is 0 Å². The van der Waals surface area contributed by atoms with Crippen LogP contribution in [0.4, 0.5) is 0 Å². The van der Waals surface area contributed by atoms with E-state index in [2.05, 4.69) is 180 Å². The SMILES string of the molecule is c1ccc(-c2cc(-c3nc(-c4ccccc4)nc(-c4ccc5c(c4)sc4ccccc45)n3)cc(-n3c4ccccc4c4cc(-c5ccccc5)ccc43)c2)cc1. The Hall–Kier alpha value is -7.21. The highest BCUT2D eigenvalue weighted by Gasteiger charge is 2.19. The first-order valence-electron chi connectivity index (χ1n) is 18.8. The van der Waals surface area contributed by atoms with E-state index in [1.165, 1.54) is 42.1 Å². The summed E-state index contributed by atoms with van der Waals surface area (Å²) in [6.45, 7) is 0. The van der Waals surface area contributed by atoms with E-state index < -0.39 is 0 Å². The van der Waals surface area contributed by atoms with E-state index in [9.17, 15) is 0 Å². The molecule has 3 heterocycles. The lowest BCUT2D eigenvalue weighted by Crippen LogP contribution is -2.02. The number of hydrogen-bond donors (Lipinski definition) is 0. The largest absolute Gasteiger partial charge is 0.309 e. The molecule has 0 spiro atoms. The first-order chi connectivity index (χ1) is 27.7. The van der Waals surface area contributed by atoms with Gasteiger partial charge in [-0.25, -0.2) is 15.0 Å². The van der Waals surface area contributed by atoms with Gasteiger partial charge in [0.05, 0.1) is 11.0 Å². The number of aromatic nitrogens is 4. The molecule has 11 rings (SSSR count).